The predicted octanol–water partition coefficient (Wildman–Crippen LogP) is 4.19. The Kier molecular flexibility index (Phi) is 6.38. The van der Waals surface area contributed by atoms with Gasteiger partial charge in [0.1, 0.15) is 12.4 Å². The molecule has 1 N–H and O–H groups in total. The quantitative estimate of drug-likeness (QED) is 0.768. The van der Waals surface area contributed by atoms with Crippen molar-refractivity contribution >= 4 is 0 Å². The van der Waals surface area contributed by atoms with E-state index in [0.29, 0.717) is 6.04 Å². The molecule has 1 atom stereocenters. The fourth-order valence-corrected chi connectivity index (χ4v) is 3.09. The van der Waals surface area contributed by atoms with E-state index < -0.39 is 0 Å². The summed E-state index contributed by atoms with van der Waals surface area (Å²) in [7, 11) is 0. The second-order valence-corrected chi connectivity index (χ2v) is 5.92. The van der Waals surface area contributed by atoms with Crippen LogP contribution >= 0.6 is 0 Å². The topological polar surface area (TPSA) is 21.3 Å². The molecule has 2 rings (SSSR count). The van der Waals surface area contributed by atoms with E-state index in [1.54, 1.807) is 0 Å². The average Bonchev–Trinajstić information content (AvgIpc) is 3.02. The molecule has 1 aliphatic carbocycles. The number of nitrogens with one attached hydrogen (secondary N) is 1. The van der Waals surface area contributed by atoms with Gasteiger partial charge in [0, 0.05) is 6.04 Å². The summed E-state index contributed by atoms with van der Waals surface area (Å²) >= 11 is 0. The van der Waals surface area contributed by atoms with Crippen molar-refractivity contribution in [3.05, 3.63) is 29.8 Å². The second-order valence-electron chi connectivity index (χ2n) is 5.92. The summed E-state index contributed by atoms with van der Waals surface area (Å²) in [5, 5.41) is 3.69. The lowest BCUT2D eigenvalue weighted by Gasteiger charge is -2.25. The molecule has 2 heteroatoms. The van der Waals surface area contributed by atoms with E-state index in [9.17, 15) is 0 Å². The Labute approximate surface area is 123 Å². The normalized spacial score (nSPS) is 17.3. The van der Waals surface area contributed by atoms with Gasteiger partial charge in [0.25, 0.3) is 0 Å². The van der Waals surface area contributed by atoms with E-state index in [1.807, 2.05) is 0 Å². The molecule has 1 saturated carbocycles. The van der Waals surface area contributed by atoms with Gasteiger partial charge in [0.05, 0.1) is 0 Å². The minimum absolute atomic E-state index is 0.516. The molecule has 0 heterocycles. The molecule has 0 radical (unpaired) electrons. The minimum atomic E-state index is 0.516. The lowest BCUT2D eigenvalue weighted by Crippen LogP contribution is -2.40. The van der Waals surface area contributed by atoms with Crippen LogP contribution in [0.4, 0.5) is 0 Å². The average molecular weight is 275 g/mol. The lowest BCUT2D eigenvalue weighted by molar-refractivity contribution is 0.217. The maximum absolute atomic E-state index is 6.06. The van der Waals surface area contributed by atoms with Crippen molar-refractivity contribution in [1.29, 1.82) is 0 Å². The van der Waals surface area contributed by atoms with Crippen molar-refractivity contribution < 1.29 is 4.74 Å². The molecular weight excluding hydrogens is 246 g/mol. The fraction of sp³-hybridized carbons (Fsp3) is 0.667. The lowest BCUT2D eigenvalue weighted by atomic mass is 9.98. The van der Waals surface area contributed by atoms with Crippen LogP contribution in [-0.4, -0.2) is 19.2 Å². The van der Waals surface area contributed by atoms with Gasteiger partial charge in [-0.05, 0) is 55.8 Å². The molecule has 0 aromatic heterocycles. The molecule has 1 aromatic carbocycles. The van der Waals surface area contributed by atoms with Crippen LogP contribution in [0.15, 0.2) is 24.3 Å². The molecule has 112 valence electrons. The van der Waals surface area contributed by atoms with Crippen LogP contribution < -0.4 is 10.1 Å². The molecule has 0 aliphatic heterocycles. The van der Waals surface area contributed by atoms with Gasteiger partial charge < -0.3 is 10.1 Å². The standard InChI is InChI=1S/C18H29NO/c1-3-12-19-18(16-9-5-6-10-16)14-20-17-11-7-8-15(4-2)13-17/h7-8,11,13,16,18-19H,3-6,9-10,12,14H2,1-2H3. The highest BCUT2D eigenvalue weighted by Crippen LogP contribution is 2.28. The number of hydrogen-bond acceptors (Lipinski definition) is 2. The van der Waals surface area contributed by atoms with Gasteiger partial charge in [0.15, 0.2) is 0 Å². The van der Waals surface area contributed by atoms with Crippen molar-refractivity contribution in [2.75, 3.05) is 13.2 Å². The zero-order valence-electron chi connectivity index (χ0n) is 13.0. The summed E-state index contributed by atoms with van der Waals surface area (Å²) in [6.45, 7) is 6.31. The smallest absolute Gasteiger partial charge is 0.119 e. The van der Waals surface area contributed by atoms with Crippen LogP contribution in [0.1, 0.15) is 51.5 Å². The van der Waals surface area contributed by atoms with Crippen molar-refractivity contribution in [3.8, 4) is 5.75 Å². The summed E-state index contributed by atoms with van der Waals surface area (Å²) in [6.07, 6.45) is 7.76. The largest absolute Gasteiger partial charge is 0.492 e. The zero-order valence-corrected chi connectivity index (χ0v) is 13.0. The molecule has 20 heavy (non-hydrogen) atoms. The third-order valence-corrected chi connectivity index (χ3v) is 4.36. The van der Waals surface area contributed by atoms with Crippen molar-refractivity contribution in [3.63, 3.8) is 0 Å². The molecule has 0 saturated heterocycles. The molecule has 1 fully saturated rings. The summed E-state index contributed by atoms with van der Waals surface area (Å²) in [5.41, 5.74) is 1.35. The van der Waals surface area contributed by atoms with Gasteiger partial charge in [-0.3, -0.25) is 0 Å². The molecule has 1 unspecified atom stereocenters. The van der Waals surface area contributed by atoms with Crippen LogP contribution in [0, 0.1) is 5.92 Å². The Morgan fingerprint density at radius 2 is 2.05 bits per heavy atom. The van der Waals surface area contributed by atoms with E-state index in [-0.39, 0.29) is 0 Å². The molecule has 0 amide bonds. The van der Waals surface area contributed by atoms with Crippen molar-refractivity contribution in [2.45, 2.75) is 58.4 Å². The summed E-state index contributed by atoms with van der Waals surface area (Å²) < 4.78 is 6.06. The van der Waals surface area contributed by atoms with E-state index >= 15 is 0 Å². The van der Waals surface area contributed by atoms with E-state index in [4.69, 9.17) is 4.74 Å². The second kappa shape index (κ2) is 8.31. The first kappa shape index (κ1) is 15.4. The van der Waals surface area contributed by atoms with Crippen LogP contribution in [0.3, 0.4) is 0 Å². The Hall–Kier alpha value is -1.02. The zero-order chi connectivity index (χ0) is 14.2. The van der Waals surface area contributed by atoms with Gasteiger partial charge in [-0.25, -0.2) is 0 Å². The van der Waals surface area contributed by atoms with E-state index in [2.05, 4.69) is 43.4 Å². The van der Waals surface area contributed by atoms with Gasteiger partial charge >= 0.3 is 0 Å². The van der Waals surface area contributed by atoms with E-state index in [1.165, 1.54) is 37.7 Å². The highest BCUT2D eigenvalue weighted by atomic mass is 16.5. The Morgan fingerprint density at radius 3 is 2.75 bits per heavy atom. The summed E-state index contributed by atoms with van der Waals surface area (Å²) in [4.78, 5) is 0. The first-order valence-corrected chi connectivity index (χ1v) is 8.28. The molecular formula is C18H29NO. The maximum Gasteiger partial charge on any atom is 0.119 e. The summed E-state index contributed by atoms with van der Waals surface area (Å²) in [6, 6.07) is 9.02. The number of hydrogen-bond donors (Lipinski definition) is 1. The Bertz CT molecular complexity index is 385. The maximum atomic E-state index is 6.06. The fourth-order valence-electron chi connectivity index (χ4n) is 3.09. The van der Waals surface area contributed by atoms with Crippen LogP contribution in [0.2, 0.25) is 0 Å². The number of rotatable bonds is 8. The van der Waals surface area contributed by atoms with E-state index in [0.717, 1.165) is 31.2 Å². The highest BCUT2D eigenvalue weighted by Gasteiger charge is 2.24. The number of ether oxygens (including phenoxy) is 1. The highest BCUT2D eigenvalue weighted by molar-refractivity contribution is 5.28. The molecule has 1 aliphatic rings. The number of benzene rings is 1. The SMILES string of the molecule is CCCNC(COc1cccc(CC)c1)C1CCCC1. The van der Waals surface area contributed by atoms with Gasteiger partial charge in [-0.15, -0.1) is 0 Å². The number of aryl methyl sites for hydroxylation is 1. The molecule has 0 bridgehead atoms. The third kappa shape index (κ3) is 4.52. The van der Waals surface area contributed by atoms with Gasteiger partial charge in [0.2, 0.25) is 0 Å². The molecule has 1 aromatic rings. The Balaban J connectivity index is 1.89. The Morgan fingerprint density at radius 1 is 1.25 bits per heavy atom. The molecule has 0 spiro atoms. The van der Waals surface area contributed by atoms with Crippen molar-refractivity contribution in [2.24, 2.45) is 5.92 Å². The molecule has 2 nitrogen and oxygen atoms in total. The first-order valence-electron chi connectivity index (χ1n) is 8.28. The monoisotopic (exact) mass is 275 g/mol. The van der Waals surface area contributed by atoms with Gasteiger partial charge in [-0.2, -0.15) is 0 Å². The van der Waals surface area contributed by atoms with Crippen molar-refractivity contribution in [1.82, 2.24) is 5.32 Å². The summed E-state index contributed by atoms with van der Waals surface area (Å²) in [5.74, 6) is 1.82. The first-order chi connectivity index (χ1) is 9.83. The van der Waals surface area contributed by atoms with Crippen LogP contribution in [0.25, 0.3) is 0 Å². The minimum Gasteiger partial charge on any atom is -0.492 e. The van der Waals surface area contributed by atoms with Crippen LogP contribution in [0.5, 0.6) is 5.75 Å². The van der Waals surface area contributed by atoms with Crippen LogP contribution in [-0.2, 0) is 6.42 Å². The predicted molar refractivity (Wildman–Crippen MR) is 85.4 cm³/mol. The third-order valence-electron chi connectivity index (χ3n) is 4.36. The van der Waals surface area contributed by atoms with Gasteiger partial charge in [-0.1, -0.05) is 38.8 Å².